The molecule has 0 fully saturated rings. The van der Waals surface area contributed by atoms with Crippen LogP contribution < -0.4 is 5.73 Å². The Bertz CT molecular complexity index is 389. The van der Waals surface area contributed by atoms with Crippen LogP contribution in [0.3, 0.4) is 0 Å². The Balaban J connectivity index is 2.52. The summed E-state index contributed by atoms with van der Waals surface area (Å²) in [7, 11) is 0. The maximum atomic E-state index is 11.4. The summed E-state index contributed by atoms with van der Waals surface area (Å²) in [6.45, 7) is 1.45. The first-order valence-electron chi connectivity index (χ1n) is 4.72. The molecule has 0 aliphatic carbocycles. The molecule has 2 N–H and O–H groups in total. The molecule has 0 saturated heterocycles. The van der Waals surface area contributed by atoms with Gasteiger partial charge in [0.25, 0.3) is 5.91 Å². The number of carbonyl (C=O) groups excluding carboxylic acids is 2. The Morgan fingerprint density at radius 1 is 1.38 bits per heavy atom. The molecule has 4 nitrogen and oxygen atoms in total. The lowest BCUT2D eigenvalue weighted by Gasteiger charge is -2.09. The number of benzene rings is 1. The molecule has 0 heterocycles. The molecular formula is C11H12BrNO3. The van der Waals surface area contributed by atoms with Crippen LogP contribution in [0.4, 0.5) is 0 Å². The van der Waals surface area contributed by atoms with Crippen LogP contribution in [-0.2, 0) is 20.7 Å². The zero-order valence-electron chi connectivity index (χ0n) is 8.77. The molecule has 1 aromatic rings. The predicted molar refractivity (Wildman–Crippen MR) is 62.6 cm³/mol. The van der Waals surface area contributed by atoms with Crippen LogP contribution in [0.25, 0.3) is 0 Å². The highest BCUT2D eigenvalue weighted by molar-refractivity contribution is 9.10. The zero-order valence-corrected chi connectivity index (χ0v) is 10.4. The molecule has 86 valence electrons. The van der Waals surface area contributed by atoms with Gasteiger partial charge in [-0.15, -0.1) is 0 Å². The van der Waals surface area contributed by atoms with Crippen LogP contribution in [0.1, 0.15) is 12.5 Å². The van der Waals surface area contributed by atoms with E-state index in [-0.39, 0.29) is 6.42 Å². The second-order valence-electron chi connectivity index (χ2n) is 3.34. The molecule has 1 atom stereocenters. The van der Waals surface area contributed by atoms with Gasteiger partial charge in [0, 0.05) is 4.47 Å². The number of hydrogen-bond acceptors (Lipinski definition) is 3. The quantitative estimate of drug-likeness (QED) is 0.851. The molecule has 0 aliphatic rings. The molecule has 1 aromatic carbocycles. The minimum absolute atomic E-state index is 0.130. The Labute approximate surface area is 102 Å². The number of nitrogens with two attached hydrogens (primary N) is 1. The molecular weight excluding hydrogens is 274 g/mol. The first kappa shape index (κ1) is 12.7. The van der Waals surface area contributed by atoms with Crippen LogP contribution in [-0.4, -0.2) is 18.0 Å². The van der Waals surface area contributed by atoms with Crippen molar-refractivity contribution in [3.05, 3.63) is 34.3 Å². The smallest absolute Gasteiger partial charge is 0.311 e. The molecule has 0 aliphatic heterocycles. The van der Waals surface area contributed by atoms with Gasteiger partial charge in [-0.2, -0.15) is 0 Å². The lowest BCUT2D eigenvalue weighted by atomic mass is 10.1. The van der Waals surface area contributed by atoms with Gasteiger partial charge in [-0.05, 0) is 24.6 Å². The number of halogens is 1. The molecule has 0 saturated carbocycles. The number of primary amides is 1. The highest BCUT2D eigenvalue weighted by atomic mass is 79.9. The Morgan fingerprint density at radius 2 is 1.94 bits per heavy atom. The summed E-state index contributed by atoms with van der Waals surface area (Å²) in [4.78, 5) is 22.0. The van der Waals surface area contributed by atoms with E-state index in [2.05, 4.69) is 15.9 Å². The van der Waals surface area contributed by atoms with Crippen LogP contribution >= 0.6 is 15.9 Å². The maximum Gasteiger partial charge on any atom is 0.311 e. The lowest BCUT2D eigenvalue weighted by molar-refractivity contribution is -0.153. The average molecular weight is 286 g/mol. The summed E-state index contributed by atoms with van der Waals surface area (Å²) < 4.78 is 5.76. The van der Waals surface area contributed by atoms with Crippen molar-refractivity contribution in [2.24, 2.45) is 5.73 Å². The van der Waals surface area contributed by atoms with Gasteiger partial charge in [0.2, 0.25) is 0 Å². The van der Waals surface area contributed by atoms with E-state index in [0.717, 1.165) is 10.0 Å². The standard InChI is InChI=1S/C11H12BrNO3/c1-7(11(13)15)16-10(14)6-8-2-4-9(12)5-3-8/h2-5,7H,6H2,1H3,(H2,13,15)/t7-/m0/s1. The fraction of sp³-hybridized carbons (Fsp3) is 0.273. The van der Waals surface area contributed by atoms with Crippen LogP contribution in [0.2, 0.25) is 0 Å². The van der Waals surface area contributed by atoms with Gasteiger partial charge in [0.15, 0.2) is 6.10 Å². The molecule has 0 unspecified atom stereocenters. The first-order valence-corrected chi connectivity index (χ1v) is 5.51. The highest BCUT2D eigenvalue weighted by Crippen LogP contribution is 2.11. The molecule has 0 aromatic heterocycles. The van der Waals surface area contributed by atoms with Gasteiger partial charge in [-0.25, -0.2) is 0 Å². The third-order valence-electron chi connectivity index (χ3n) is 1.97. The van der Waals surface area contributed by atoms with Gasteiger partial charge in [0.05, 0.1) is 6.42 Å². The molecule has 1 amide bonds. The zero-order chi connectivity index (χ0) is 12.1. The number of esters is 1. The second-order valence-corrected chi connectivity index (χ2v) is 4.25. The second kappa shape index (κ2) is 5.65. The largest absolute Gasteiger partial charge is 0.452 e. The van der Waals surface area contributed by atoms with E-state index in [0.29, 0.717) is 0 Å². The van der Waals surface area contributed by atoms with Gasteiger partial charge < -0.3 is 10.5 Å². The molecule has 0 spiro atoms. The van der Waals surface area contributed by atoms with Gasteiger partial charge in [0.1, 0.15) is 0 Å². The summed E-state index contributed by atoms with van der Waals surface area (Å²) in [5, 5.41) is 0. The third-order valence-corrected chi connectivity index (χ3v) is 2.50. The van der Waals surface area contributed by atoms with E-state index in [1.165, 1.54) is 6.92 Å². The SMILES string of the molecule is C[C@H](OC(=O)Cc1ccc(Br)cc1)C(N)=O. The first-order chi connectivity index (χ1) is 7.49. The molecule has 1 rings (SSSR count). The van der Waals surface area contributed by atoms with Crippen molar-refractivity contribution in [1.29, 1.82) is 0 Å². The molecule has 5 heteroatoms. The minimum atomic E-state index is -0.886. The van der Waals surface area contributed by atoms with Gasteiger partial charge in [-0.1, -0.05) is 28.1 Å². The Kier molecular flexibility index (Phi) is 4.49. The van der Waals surface area contributed by atoms with E-state index in [1.807, 2.05) is 12.1 Å². The average Bonchev–Trinajstić information content (AvgIpc) is 2.21. The maximum absolute atomic E-state index is 11.4. The number of rotatable bonds is 4. The summed E-state index contributed by atoms with van der Waals surface area (Å²) >= 11 is 3.29. The Hall–Kier alpha value is -1.36. The van der Waals surface area contributed by atoms with E-state index in [9.17, 15) is 9.59 Å². The fourth-order valence-electron chi connectivity index (χ4n) is 1.07. The number of hydrogen-bond donors (Lipinski definition) is 1. The van der Waals surface area contributed by atoms with Crippen molar-refractivity contribution >= 4 is 27.8 Å². The third kappa shape index (κ3) is 4.02. The Morgan fingerprint density at radius 3 is 2.44 bits per heavy atom. The number of carbonyl (C=O) groups is 2. The van der Waals surface area contributed by atoms with Crippen molar-refractivity contribution in [3.63, 3.8) is 0 Å². The minimum Gasteiger partial charge on any atom is -0.452 e. The molecule has 16 heavy (non-hydrogen) atoms. The van der Waals surface area contributed by atoms with Crippen molar-refractivity contribution in [1.82, 2.24) is 0 Å². The molecule has 0 radical (unpaired) electrons. The van der Waals surface area contributed by atoms with E-state index in [4.69, 9.17) is 10.5 Å². The van der Waals surface area contributed by atoms with Crippen molar-refractivity contribution < 1.29 is 14.3 Å². The normalized spacial score (nSPS) is 11.9. The summed E-state index contributed by atoms with van der Waals surface area (Å²) in [5.74, 6) is -1.11. The number of ether oxygens (including phenoxy) is 1. The van der Waals surface area contributed by atoms with E-state index in [1.54, 1.807) is 12.1 Å². The number of amides is 1. The van der Waals surface area contributed by atoms with Crippen LogP contribution in [0.15, 0.2) is 28.7 Å². The predicted octanol–water partition coefficient (Wildman–Crippen LogP) is 1.41. The van der Waals surface area contributed by atoms with Crippen molar-refractivity contribution in [2.75, 3.05) is 0 Å². The van der Waals surface area contributed by atoms with E-state index < -0.39 is 18.0 Å². The monoisotopic (exact) mass is 285 g/mol. The summed E-state index contributed by atoms with van der Waals surface area (Å²) in [5.41, 5.74) is 5.80. The highest BCUT2D eigenvalue weighted by Gasteiger charge is 2.14. The topological polar surface area (TPSA) is 69.4 Å². The summed E-state index contributed by atoms with van der Waals surface area (Å²) in [6, 6.07) is 7.28. The van der Waals surface area contributed by atoms with E-state index >= 15 is 0 Å². The summed E-state index contributed by atoms with van der Waals surface area (Å²) in [6.07, 6.45) is -0.756. The van der Waals surface area contributed by atoms with Gasteiger partial charge in [-0.3, -0.25) is 9.59 Å². The fourth-order valence-corrected chi connectivity index (χ4v) is 1.33. The van der Waals surface area contributed by atoms with Gasteiger partial charge >= 0.3 is 5.97 Å². The van der Waals surface area contributed by atoms with Crippen molar-refractivity contribution in [3.8, 4) is 0 Å². The molecule has 0 bridgehead atoms. The van der Waals surface area contributed by atoms with Crippen LogP contribution in [0.5, 0.6) is 0 Å². The van der Waals surface area contributed by atoms with Crippen LogP contribution in [0, 0.1) is 0 Å². The van der Waals surface area contributed by atoms with Crippen molar-refractivity contribution in [2.45, 2.75) is 19.4 Å². The lowest BCUT2D eigenvalue weighted by Crippen LogP contribution is -2.30.